The van der Waals surface area contributed by atoms with Gasteiger partial charge in [0.1, 0.15) is 5.75 Å². The third kappa shape index (κ3) is 2.04. The van der Waals surface area contributed by atoms with Gasteiger partial charge < -0.3 is 14.6 Å². The topological polar surface area (TPSA) is 38.7 Å². The van der Waals surface area contributed by atoms with Crippen LogP contribution in [-0.2, 0) is 6.42 Å². The van der Waals surface area contributed by atoms with Gasteiger partial charge in [-0.3, -0.25) is 0 Å². The smallest absolute Gasteiger partial charge is 0.231 e. The Labute approximate surface area is 130 Å². The van der Waals surface area contributed by atoms with Crippen molar-refractivity contribution in [3.8, 4) is 17.2 Å². The SMILES string of the molecule is CC1Cc2cc3c(cc2C(c2ccc(O)cc2)C1C)OCO3. The molecular formula is C19H20O3. The van der Waals surface area contributed by atoms with Crippen LogP contribution in [0.3, 0.4) is 0 Å². The van der Waals surface area contributed by atoms with Crippen LogP contribution < -0.4 is 9.47 Å². The highest BCUT2D eigenvalue weighted by atomic mass is 16.7. The number of rotatable bonds is 1. The normalized spacial score (nSPS) is 25.8. The number of fused-ring (bicyclic) bond motifs is 2. The quantitative estimate of drug-likeness (QED) is 0.861. The van der Waals surface area contributed by atoms with Gasteiger partial charge in [-0.1, -0.05) is 26.0 Å². The van der Waals surface area contributed by atoms with Crippen LogP contribution >= 0.6 is 0 Å². The molecule has 3 nitrogen and oxygen atoms in total. The minimum absolute atomic E-state index is 0.311. The molecule has 1 N–H and O–H groups in total. The van der Waals surface area contributed by atoms with Crippen molar-refractivity contribution in [3.05, 3.63) is 53.1 Å². The molecule has 3 atom stereocenters. The predicted molar refractivity (Wildman–Crippen MR) is 84.5 cm³/mol. The molecule has 2 aromatic rings. The van der Waals surface area contributed by atoms with Gasteiger partial charge in [0.25, 0.3) is 0 Å². The van der Waals surface area contributed by atoms with E-state index in [-0.39, 0.29) is 0 Å². The fourth-order valence-corrected chi connectivity index (χ4v) is 3.78. The highest BCUT2D eigenvalue weighted by molar-refractivity contribution is 5.53. The maximum absolute atomic E-state index is 9.56. The maximum atomic E-state index is 9.56. The van der Waals surface area contributed by atoms with Gasteiger partial charge in [-0.25, -0.2) is 0 Å². The van der Waals surface area contributed by atoms with Gasteiger partial charge in [0.15, 0.2) is 11.5 Å². The van der Waals surface area contributed by atoms with Crippen molar-refractivity contribution in [2.24, 2.45) is 11.8 Å². The molecule has 2 aromatic carbocycles. The van der Waals surface area contributed by atoms with E-state index < -0.39 is 0 Å². The second-order valence-corrected chi connectivity index (χ2v) is 6.51. The second kappa shape index (κ2) is 4.94. The van der Waals surface area contributed by atoms with Crippen LogP contribution in [0.5, 0.6) is 17.2 Å². The summed E-state index contributed by atoms with van der Waals surface area (Å²) in [5.41, 5.74) is 3.94. The first-order valence-corrected chi connectivity index (χ1v) is 7.85. The molecule has 3 heteroatoms. The minimum atomic E-state index is 0.311. The van der Waals surface area contributed by atoms with Crippen LogP contribution in [-0.4, -0.2) is 11.9 Å². The number of hydrogen-bond acceptors (Lipinski definition) is 3. The zero-order valence-electron chi connectivity index (χ0n) is 12.9. The molecule has 0 saturated carbocycles. The molecule has 0 fully saturated rings. The fourth-order valence-electron chi connectivity index (χ4n) is 3.78. The number of benzene rings is 2. The largest absolute Gasteiger partial charge is 0.508 e. The predicted octanol–water partition coefficient (Wildman–Crippen LogP) is 4.08. The lowest BCUT2D eigenvalue weighted by atomic mass is 9.68. The molecule has 1 heterocycles. The molecule has 1 aliphatic carbocycles. The molecule has 2 aliphatic rings. The van der Waals surface area contributed by atoms with E-state index in [1.807, 2.05) is 12.1 Å². The number of ether oxygens (including phenoxy) is 2. The van der Waals surface area contributed by atoms with Crippen molar-refractivity contribution < 1.29 is 14.6 Å². The molecular weight excluding hydrogens is 276 g/mol. The van der Waals surface area contributed by atoms with Crippen molar-refractivity contribution in [1.82, 2.24) is 0 Å². The highest BCUT2D eigenvalue weighted by Crippen LogP contribution is 2.47. The second-order valence-electron chi connectivity index (χ2n) is 6.51. The van der Waals surface area contributed by atoms with Gasteiger partial charge in [-0.05, 0) is 59.2 Å². The Hall–Kier alpha value is -2.16. The van der Waals surface area contributed by atoms with Crippen LogP contribution in [0.25, 0.3) is 0 Å². The van der Waals surface area contributed by atoms with Crippen molar-refractivity contribution in [1.29, 1.82) is 0 Å². The van der Waals surface area contributed by atoms with E-state index >= 15 is 0 Å². The lowest BCUT2D eigenvalue weighted by Gasteiger charge is -2.36. The molecule has 0 amide bonds. The first kappa shape index (κ1) is 13.5. The first-order chi connectivity index (χ1) is 10.6. The van der Waals surface area contributed by atoms with Crippen LogP contribution in [0.1, 0.15) is 36.5 Å². The molecule has 0 aromatic heterocycles. The summed E-state index contributed by atoms with van der Waals surface area (Å²) in [4.78, 5) is 0. The third-order valence-corrected chi connectivity index (χ3v) is 5.19. The Morgan fingerprint density at radius 2 is 1.68 bits per heavy atom. The number of phenolic OH excluding ortho intramolecular Hbond substituents is 1. The summed E-state index contributed by atoms with van der Waals surface area (Å²) in [5, 5.41) is 9.56. The van der Waals surface area contributed by atoms with E-state index in [2.05, 4.69) is 26.0 Å². The van der Waals surface area contributed by atoms with E-state index in [9.17, 15) is 5.11 Å². The highest BCUT2D eigenvalue weighted by Gasteiger charge is 2.34. The fraction of sp³-hybridized carbons (Fsp3) is 0.368. The first-order valence-electron chi connectivity index (χ1n) is 7.85. The van der Waals surface area contributed by atoms with Crippen LogP contribution in [0.4, 0.5) is 0 Å². The van der Waals surface area contributed by atoms with E-state index in [4.69, 9.17) is 9.47 Å². The lowest BCUT2D eigenvalue weighted by molar-refractivity contribution is 0.174. The zero-order valence-corrected chi connectivity index (χ0v) is 12.9. The van der Waals surface area contributed by atoms with Crippen molar-refractivity contribution in [2.45, 2.75) is 26.2 Å². The molecule has 0 bridgehead atoms. The summed E-state index contributed by atoms with van der Waals surface area (Å²) >= 11 is 0. The van der Waals surface area contributed by atoms with E-state index in [1.54, 1.807) is 12.1 Å². The minimum Gasteiger partial charge on any atom is -0.508 e. The summed E-state index contributed by atoms with van der Waals surface area (Å²) in [6.07, 6.45) is 1.07. The van der Waals surface area contributed by atoms with Gasteiger partial charge in [-0.2, -0.15) is 0 Å². The standard InChI is InChI=1S/C19H20O3/c1-11-7-14-8-17-18(22-10-21-17)9-16(14)19(12(11)2)13-3-5-15(20)6-4-13/h3-6,8-9,11-12,19-20H,7,10H2,1-2H3. The lowest BCUT2D eigenvalue weighted by Crippen LogP contribution is -2.26. The van der Waals surface area contributed by atoms with Crippen LogP contribution in [0.15, 0.2) is 36.4 Å². The number of phenols is 1. The molecule has 114 valence electrons. The number of hydrogen-bond donors (Lipinski definition) is 1. The van der Waals surface area contributed by atoms with Gasteiger partial charge in [0.2, 0.25) is 6.79 Å². The Morgan fingerprint density at radius 3 is 2.41 bits per heavy atom. The van der Waals surface area contributed by atoms with Crippen LogP contribution in [0, 0.1) is 11.8 Å². The number of aromatic hydroxyl groups is 1. The summed E-state index contributed by atoms with van der Waals surface area (Å²) in [6.45, 7) is 4.94. The van der Waals surface area contributed by atoms with Gasteiger partial charge in [-0.15, -0.1) is 0 Å². The van der Waals surface area contributed by atoms with Gasteiger partial charge in [0, 0.05) is 5.92 Å². The third-order valence-electron chi connectivity index (χ3n) is 5.19. The molecule has 4 rings (SSSR count). The average molecular weight is 296 g/mol. The summed E-state index contributed by atoms with van der Waals surface area (Å²) in [7, 11) is 0. The Balaban J connectivity index is 1.85. The van der Waals surface area contributed by atoms with Crippen molar-refractivity contribution in [2.75, 3.05) is 6.79 Å². The summed E-state index contributed by atoms with van der Waals surface area (Å²) in [6, 6.07) is 11.9. The van der Waals surface area contributed by atoms with Crippen molar-refractivity contribution >= 4 is 0 Å². The summed E-state index contributed by atoms with van der Waals surface area (Å²) in [5.74, 6) is 3.50. The molecule has 0 saturated heterocycles. The van der Waals surface area contributed by atoms with Gasteiger partial charge >= 0.3 is 0 Å². The van der Waals surface area contributed by atoms with E-state index in [0.29, 0.717) is 30.3 Å². The van der Waals surface area contributed by atoms with Crippen molar-refractivity contribution in [3.63, 3.8) is 0 Å². The van der Waals surface area contributed by atoms with E-state index in [0.717, 1.165) is 17.9 Å². The molecule has 1 aliphatic heterocycles. The zero-order chi connectivity index (χ0) is 15.3. The van der Waals surface area contributed by atoms with Gasteiger partial charge in [0.05, 0.1) is 0 Å². The molecule has 0 radical (unpaired) electrons. The molecule has 0 spiro atoms. The van der Waals surface area contributed by atoms with E-state index in [1.165, 1.54) is 16.7 Å². The Bertz CT molecular complexity index is 705. The monoisotopic (exact) mass is 296 g/mol. The molecule has 3 unspecified atom stereocenters. The average Bonchev–Trinajstić information content (AvgIpc) is 2.95. The Kier molecular flexibility index (Phi) is 3.03. The van der Waals surface area contributed by atoms with Crippen LogP contribution in [0.2, 0.25) is 0 Å². The Morgan fingerprint density at radius 1 is 1.00 bits per heavy atom. The summed E-state index contributed by atoms with van der Waals surface area (Å²) < 4.78 is 11.1. The molecule has 22 heavy (non-hydrogen) atoms. The maximum Gasteiger partial charge on any atom is 0.231 e.